The van der Waals surface area contributed by atoms with Crippen molar-refractivity contribution in [1.82, 2.24) is 20.2 Å². The normalized spacial score (nSPS) is 22.3. The number of morpholine rings is 1. The quantitative estimate of drug-likeness (QED) is 0.517. The number of nitrogens with one attached hydrogen (secondary N) is 1. The molecular weight excluding hydrogens is 484 g/mol. The lowest BCUT2D eigenvalue weighted by Gasteiger charge is -2.37. The first kappa shape index (κ1) is 24.6. The summed E-state index contributed by atoms with van der Waals surface area (Å²) in [6.07, 6.45) is 2.81. The summed E-state index contributed by atoms with van der Waals surface area (Å²) >= 11 is 8.14. The third-order valence-electron chi connectivity index (χ3n) is 6.79. The average Bonchev–Trinajstić information content (AvgIpc) is 3.37. The minimum Gasteiger partial charge on any atom is -0.396 e. The lowest BCUT2D eigenvalue weighted by molar-refractivity contribution is -0.128. The predicted octanol–water partition coefficient (Wildman–Crippen LogP) is 3.97. The second-order valence-corrected chi connectivity index (χ2v) is 11.8. The minimum absolute atomic E-state index is 0.0192. The molecule has 2 fully saturated rings. The van der Waals surface area contributed by atoms with Gasteiger partial charge in [0.15, 0.2) is 0 Å². The monoisotopic (exact) mass is 514 g/mol. The molecule has 35 heavy (non-hydrogen) atoms. The number of ether oxygens (including phenoxy) is 1. The molecule has 1 unspecified atom stereocenters. The predicted molar refractivity (Wildman–Crippen MR) is 139 cm³/mol. The van der Waals surface area contributed by atoms with Crippen LogP contribution in [0.15, 0.2) is 24.5 Å². The Morgan fingerprint density at radius 2 is 2.14 bits per heavy atom. The number of amides is 1. The molecule has 3 aromatic rings. The number of halogens is 1. The van der Waals surface area contributed by atoms with Gasteiger partial charge in [-0.25, -0.2) is 9.97 Å². The Bertz CT molecular complexity index is 1260. The van der Waals surface area contributed by atoms with Gasteiger partial charge in [0.2, 0.25) is 5.91 Å². The van der Waals surface area contributed by atoms with Crippen LogP contribution in [-0.2, 0) is 22.5 Å². The summed E-state index contributed by atoms with van der Waals surface area (Å²) in [4.78, 5) is 24.4. The third kappa shape index (κ3) is 5.22. The van der Waals surface area contributed by atoms with Gasteiger partial charge in [-0.05, 0) is 50.1 Å². The third-order valence-corrected chi connectivity index (χ3v) is 8.13. The Morgan fingerprint density at radius 1 is 1.31 bits per heavy atom. The molecule has 7 nitrogen and oxygen atoms in total. The molecule has 2 N–H and O–H groups in total. The lowest BCUT2D eigenvalue weighted by Crippen LogP contribution is -2.51. The number of aromatic nitrogens is 2. The van der Waals surface area contributed by atoms with Crippen molar-refractivity contribution in [1.29, 1.82) is 0 Å². The van der Waals surface area contributed by atoms with Crippen molar-refractivity contribution < 1.29 is 14.6 Å². The fourth-order valence-electron chi connectivity index (χ4n) is 5.16. The molecule has 1 amide bonds. The van der Waals surface area contributed by atoms with Crippen LogP contribution in [0.4, 0.5) is 0 Å². The van der Waals surface area contributed by atoms with Crippen LogP contribution in [0, 0.1) is 12.8 Å². The van der Waals surface area contributed by atoms with Crippen molar-refractivity contribution in [2.24, 2.45) is 5.92 Å². The van der Waals surface area contributed by atoms with Gasteiger partial charge in [0.1, 0.15) is 6.33 Å². The number of carbonyl (C=O) groups excluding carboxylic acids is 1. The highest BCUT2D eigenvalue weighted by Crippen LogP contribution is 2.38. The molecule has 2 aliphatic heterocycles. The number of aryl methyl sites for hydroxylation is 1. The summed E-state index contributed by atoms with van der Waals surface area (Å²) in [5.74, 6) is 0.107. The van der Waals surface area contributed by atoms with E-state index in [-0.39, 0.29) is 30.1 Å². The smallest absolute Gasteiger partial charge is 0.223 e. The van der Waals surface area contributed by atoms with Crippen molar-refractivity contribution in [3.63, 3.8) is 0 Å². The van der Waals surface area contributed by atoms with Crippen molar-refractivity contribution in [2.45, 2.75) is 51.9 Å². The van der Waals surface area contributed by atoms with Crippen molar-refractivity contribution in [2.75, 3.05) is 26.2 Å². The van der Waals surface area contributed by atoms with Crippen molar-refractivity contribution >= 4 is 39.1 Å². The molecule has 186 valence electrons. The van der Waals surface area contributed by atoms with Gasteiger partial charge in [-0.15, -0.1) is 11.3 Å². The zero-order valence-electron chi connectivity index (χ0n) is 20.3. The van der Waals surface area contributed by atoms with Gasteiger partial charge in [-0.1, -0.05) is 11.6 Å². The number of rotatable bonds is 6. The lowest BCUT2D eigenvalue weighted by atomic mass is 9.93. The number of carbonyl (C=O) groups is 1. The molecule has 2 atom stereocenters. The average molecular weight is 515 g/mol. The molecule has 4 heterocycles. The molecule has 2 saturated heterocycles. The van der Waals surface area contributed by atoms with Crippen LogP contribution in [0.5, 0.6) is 0 Å². The van der Waals surface area contributed by atoms with E-state index in [1.54, 1.807) is 17.7 Å². The van der Waals surface area contributed by atoms with Crippen LogP contribution in [-0.4, -0.2) is 63.8 Å². The van der Waals surface area contributed by atoms with Crippen LogP contribution in [0.3, 0.4) is 0 Å². The first-order valence-corrected chi connectivity index (χ1v) is 13.2. The SMILES string of the molecule is Cc1cc(Cl)cc(-c2ncnc3cc(CN4CC(CO)CC4=O)sc23)c1C[C@@H]1CNCC(C)(C)O1. The topological polar surface area (TPSA) is 87.6 Å². The summed E-state index contributed by atoms with van der Waals surface area (Å²) in [5.41, 5.74) is 4.79. The van der Waals surface area contributed by atoms with E-state index in [4.69, 9.17) is 21.3 Å². The van der Waals surface area contributed by atoms with Gasteiger partial charge in [0.05, 0.1) is 34.2 Å². The maximum atomic E-state index is 12.4. The van der Waals surface area contributed by atoms with Gasteiger partial charge in [-0.3, -0.25) is 4.79 Å². The molecule has 1 aromatic carbocycles. The maximum Gasteiger partial charge on any atom is 0.223 e. The Morgan fingerprint density at radius 3 is 2.89 bits per heavy atom. The van der Waals surface area contributed by atoms with Crippen LogP contribution in [0.25, 0.3) is 21.5 Å². The number of thiophene rings is 1. The zero-order chi connectivity index (χ0) is 24.7. The highest BCUT2D eigenvalue weighted by Gasteiger charge is 2.31. The molecule has 2 aliphatic rings. The van der Waals surface area contributed by atoms with Gasteiger partial charge in [0.25, 0.3) is 0 Å². The standard InChI is InChI=1S/C26H31ClN4O3S/c1-15-4-17(27)6-21(20(15)7-18-9-28-13-26(2,3)34-18)24-25-22(29-14-30-24)8-19(35-25)11-31-10-16(12-32)5-23(31)33/h4,6,8,14,16,18,28,32H,5,7,9-13H2,1-3H3/t16?,18-/m1/s1. The van der Waals surface area contributed by atoms with Crippen molar-refractivity contribution in [3.8, 4) is 11.3 Å². The summed E-state index contributed by atoms with van der Waals surface area (Å²) in [5, 5.41) is 13.6. The number of hydrogen-bond donors (Lipinski definition) is 2. The zero-order valence-corrected chi connectivity index (χ0v) is 21.9. The van der Waals surface area contributed by atoms with Crippen LogP contribution >= 0.6 is 22.9 Å². The fourth-order valence-corrected chi connectivity index (χ4v) is 6.56. The number of aliphatic hydroxyl groups excluding tert-OH is 1. The molecule has 9 heteroatoms. The summed E-state index contributed by atoms with van der Waals surface area (Å²) in [6.45, 7) is 9.08. The number of aliphatic hydroxyl groups is 1. The van der Waals surface area contributed by atoms with E-state index in [1.165, 1.54) is 5.56 Å². The van der Waals surface area contributed by atoms with E-state index >= 15 is 0 Å². The molecule has 2 aromatic heterocycles. The van der Waals surface area contributed by atoms with E-state index in [9.17, 15) is 9.90 Å². The molecule has 0 aliphatic carbocycles. The first-order chi connectivity index (χ1) is 16.7. The molecule has 0 bridgehead atoms. The molecule has 0 saturated carbocycles. The fraction of sp³-hybridized carbons (Fsp3) is 0.500. The van der Waals surface area contributed by atoms with E-state index in [0.29, 0.717) is 24.5 Å². The minimum atomic E-state index is -0.212. The summed E-state index contributed by atoms with van der Waals surface area (Å²) in [7, 11) is 0. The molecule has 5 rings (SSSR count). The molecule has 0 radical (unpaired) electrons. The van der Waals surface area contributed by atoms with E-state index in [2.05, 4.69) is 31.1 Å². The number of nitrogens with zero attached hydrogens (tertiary/aromatic N) is 3. The van der Waals surface area contributed by atoms with Gasteiger partial charge in [0, 0.05) is 60.5 Å². The molecule has 0 spiro atoms. The van der Waals surface area contributed by atoms with Gasteiger partial charge in [-0.2, -0.15) is 0 Å². The number of hydrogen-bond acceptors (Lipinski definition) is 7. The van der Waals surface area contributed by atoms with Gasteiger partial charge < -0.3 is 20.1 Å². The highest BCUT2D eigenvalue weighted by atomic mass is 35.5. The van der Waals surface area contributed by atoms with E-state index in [0.717, 1.165) is 51.4 Å². The van der Waals surface area contributed by atoms with Crippen LogP contribution in [0.1, 0.15) is 36.3 Å². The first-order valence-electron chi connectivity index (χ1n) is 12.0. The second kappa shape index (κ2) is 9.75. The Labute approximate surface area is 214 Å². The largest absolute Gasteiger partial charge is 0.396 e. The van der Waals surface area contributed by atoms with Crippen molar-refractivity contribution in [3.05, 3.63) is 45.6 Å². The Balaban J connectivity index is 1.50. The van der Waals surface area contributed by atoms with Crippen LogP contribution in [0.2, 0.25) is 5.02 Å². The van der Waals surface area contributed by atoms with E-state index in [1.807, 2.05) is 23.1 Å². The maximum absolute atomic E-state index is 12.4. The van der Waals surface area contributed by atoms with Crippen LogP contribution < -0.4 is 5.32 Å². The summed E-state index contributed by atoms with van der Waals surface area (Å²) < 4.78 is 7.35. The second-order valence-electron chi connectivity index (χ2n) is 10.3. The summed E-state index contributed by atoms with van der Waals surface area (Å²) in [6, 6.07) is 6.03. The molecular formula is C26H31ClN4O3S. The number of benzene rings is 1. The van der Waals surface area contributed by atoms with Gasteiger partial charge >= 0.3 is 0 Å². The van der Waals surface area contributed by atoms with E-state index < -0.39 is 0 Å². The number of fused-ring (bicyclic) bond motifs is 1. The highest BCUT2D eigenvalue weighted by molar-refractivity contribution is 7.19. The Hall–Kier alpha value is -2.10. The Kier molecular flexibility index (Phi) is 6.85. The number of likely N-dealkylation sites (tertiary alicyclic amines) is 1.